The van der Waals surface area contributed by atoms with Crippen LogP contribution >= 0.6 is 21.6 Å². The molecule has 0 aromatic heterocycles. The van der Waals surface area contributed by atoms with E-state index in [9.17, 15) is 0 Å². The molecule has 0 unspecified atom stereocenters. The molecular weight excluding hydrogens is 401 g/mol. The van der Waals surface area contributed by atoms with E-state index in [1.807, 2.05) is 49.3 Å². The van der Waals surface area contributed by atoms with Gasteiger partial charge >= 0.3 is 0 Å². The van der Waals surface area contributed by atoms with Crippen molar-refractivity contribution in [2.24, 2.45) is 0 Å². The SMILES string of the molecule is CCOC(C[SiH3])(OCC)C(C)(C)SSC(C)(C)C(C[SiH3])(OCC)OCC. The molecule has 4 nitrogen and oxygen atoms in total. The van der Waals surface area contributed by atoms with Gasteiger partial charge < -0.3 is 18.9 Å². The van der Waals surface area contributed by atoms with Gasteiger partial charge in [0.05, 0.1) is 9.49 Å². The van der Waals surface area contributed by atoms with E-state index in [1.54, 1.807) is 0 Å². The van der Waals surface area contributed by atoms with Gasteiger partial charge in [0, 0.05) is 46.9 Å². The van der Waals surface area contributed by atoms with Crippen LogP contribution in [-0.4, -0.2) is 68.0 Å². The van der Waals surface area contributed by atoms with Crippen molar-refractivity contribution in [2.75, 3.05) is 26.4 Å². The van der Waals surface area contributed by atoms with Gasteiger partial charge in [-0.05, 0) is 67.5 Å². The molecule has 8 heteroatoms. The maximum absolute atomic E-state index is 6.18. The first kappa shape index (κ1) is 27.0. The van der Waals surface area contributed by atoms with E-state index in [1.165, 1.54) is 0 Å². The lowest BCUT2D eigenvalue weighted by molar-refractivity contribution is -0.235. The van der Waals surface area contributed by atoms with Gasteiger partial charge in [0.1, 0.15) is 0 Å². The smallest absolute Gasteiger partial charge is 0.180 e. The summed E-state index contributed by atoms with van der Waals surface area (Å²) in [5, 5.41) is 0. The third kappa shape index (κ3) is 6.24. The van der Waals surface area contributed by atoms with E-state index in [2.05, 4.69) is 27.7 Å². The van der Waals surface area contributed by atoms with Crippen LogP contribution in [0.25, 0.3) is 0 Å². The summed E-state index contributed by atoms with van der Waals surface area (Å²) in [4.78, 5) is 0. The Balaban J connectivity index is 5.52. The number of hydrogen-bond acceptors (Lipinski definition) is 6. The lowest BCUT2D eigenvalue weighted by Crippen LogP contribution is -2.54. The molecular formula is C18H42O4S2Si2. The summed E-state index contributed by atoms with van der Waals surface area (Å²) in [6.07, 6.45) is 0. The van der Waals surface area contributed by atoms with Crippen molar-refractivity contribution in [2.45, 2.75) is 88.5 Å². The van der Waals surface area contributed by atoms with Crippen molar-refractivity contribution in [1.82, 2.24) is 0 Å². The van der Waals surface area contributed by atoms with Gasteiger partial charge in [-0.1, -0.05) is 21.6 Å². The predicted octanol–water partition coefficient (Wildman–Crippen LogP) is 3.03. The largest absolute Gasteiger partial charge is 0.349 e. The number of hydrogen-bond donors (Lipinski definition) is 0. The average Bonchev–Trinajstić information content (AvgIpc) is 2.59. The summed E-state index contributed by atoms with van der Waals surface area (Å²) >= 11 is 0. The van der Waals surface area contributed by atoms with Crippen LogP contribution in [0.15, 0.2) is 0 Å². The maximum Gasteiger partial charge on any atom is 0.180 e. The molecule has 0 aliphatic carbocycles. The monoisotopic (exact) mass is 442 g/mol. The predicted molar refractivity (Wildman–Crippen MR) is 125 cm³/mol. The fraction of sp³-hybridized carbons (Fsp3) is 1.00. The summed E-state index contributed by atoms with van der Waals surface area (Å²) in [6, 6.07) is 1.89. The fourth-order valence-electron chi connectivity index (χ4n) is 3.31. The van der Waals surface area contributed by atoms with Gasteiger partial charge in [0.15, 0.2) is 11.6 Å². The molecule has 0 heterocycles. The van der Waals surface area contributed by atoms with E-state index in [0.717, 1.165) is 32.6 Å². The van der Waals surface area contributed by atoms with Crippen molar-refractivity contribution in [3.8, 4) is 0 Å². The molecule has 0 spiro atoms. The van der Waals surface area contributed by atoms with Crippen LogP contribution < -0.4 is 0 Å². The topological polar surface area (TPSA) is 36.9 Å². The lowest BCUT2D eigenvalue weighted by Gasteiger charge is -2.48. The molecule has 0 aromatic rings. The van der Waals surface area contributed by atoms with Gasteiger partial charge in [0.25, 0.3) is 0 Å². The number of rotatable bonds is 15. The molecule has 0 N–H and O–H groups in total. The highest BCUT2D eigenvalue weighted by Crippen LogP contribution is 2.54. The number of ether oxygens (including phenoxy) is 4. The molecule has 0 saturated heterocycles. The van der Waals surface area contributed by atoms with Gasteiger partial charge in [0.2, 0.25) is 0 Å². The highest BCUT2D eigenvalue weighted by Gasteiger charge is 2.51. The van der Waals surface area contributed by atoms with Gasteiger partial charge in [-0.25, -0.2) is 0 Å². The molecule has 0 fully saturated rings. The molecule has 0 bridgehead atoms. The van der Waals surface area contributed by atoms with Crippen molar-refractivity contribution < 1.29 is 18.9 Å². The summed E-state index contributed by atoms with van der Waals surface area (Å²) in [7, 11) is 5.73. The third-order valence-electron chi connectivity index (χ3n) is 4.73. The molecule has 0 saturated carbocycles. The van der Waals surface area contributed by atoms with E-state index < -0.39 is 11.6 Å². The zero-order valence-electron chi connectivity index (χ0n) is 18.7. The molecule has 0 rings (SSSR count). The Morgan fingerprint density at radius 2 is 0.808 bits per heavy atom. The van der Waals surface area contributed by atoms with Gasteiger partial charge in [-0.2, -0.15) is 0 Å². The molecule has 26 heavy (non-hydrogen) atoms. The van der Waals surface area contributed by atoms with Crippen LogP contribution in [0.1, 0.15) is 55.4 Å². The zero-order chi connectivity index (χ0) is 20.5. The van der Waals surface area contributed by atoms with Crippen LogP contribution in [0, 0.1) is 0 Å². The molecule has 0 aromatic carbocycles. The van der Waals surface area contributed by atoms with Gasteiger partial charge in [-0.15, -0.1) is 0 Å². The Morgan fingerprint density at radius 3 is 0.962 bits per heavy atom. The average molecular weight is 443 g/mol. The normalized spacial score (nSPS) is 14.3. The second kappa shape index (κ2) is 11.8. The fourth-order valence-corrected chi connectivity index (χ4v) is 9.61. The standard InChI is InChI=1S/C18H42O4S2Si2/c1-9-19-17(13-25,20-10-2)15(5,6)23-24-16(7,8)18(14-26,21-11-3)22-12-4/h9-14H2,1-8,25-26H3. The quantitative estimate of drug-likeness (QED) is 0.220. The summed E-state index contributed by atoms with van der Waals surface area (Å²) in [5.41, 5.74) is 0. The minimum absolute atomic E-state index is 0.196. The molecule has 158 valence electrons. The second-order valence-corrected chi connectivity index (χ2v) is 11.9. The van der Waals surface area contributed by atoms with Crippen molar-refractivity contribution in [3.63, 3.8) is 0 Å². The summed E-state index contributed by atoms with van der Waals surface area (Å²) in [6.45, 7) is 19.7. The Kier molecular flexibility index (Phi) is 12.3. The highest BCUT2D eigenvalue weighted by molar-refractivity contribution is 8.77. The molecule has 0 amide bonds. The summed E-state index contributed by atoms with van der Waals surface area (Å²) < 4.78 is 24.3. The Bertz CT molecular complexity index is 347. The van der Waals surface area contributed by atoms with E-state index in [4.69, 9.17) is 18.9 Å². The molecule has 0 aliphatic rings. The first-order chi connectivity index (χ1) is 12.1. The Labute approximate surface area is 175 Å². The first-order valence-electron chi connectivity index (χ1n) is 10.00. The molecule has 0 radical (unpaired) electrons. The van der Waals surface area contributed by atoms with Crippen molar-refractivity contribution in [1.29, 1.82) is 0 Å². The third-order valence-corrected chi connectivity index (χ3v) is 10.9. The van der Waals surface area contributed by atoms with Crippen LogP contribution in [0.5, 0.6) is 0 Å². The first-order valence-corrected chi connectivity index (χ1v) is 15.0. The molecule has 0 atom stereocenters. The zero-order valence-corrected chi connectivity index (χ0v) is 24.3. The van der Waals surface area contributed by atoms with Crippen LogP contribution in [0.3, 0.4) is 0 Å². The van der Waals surface area contributed by atoms with Gasteiger partial charge in [-0.3, -0.25) is 0 Å². The summed E-state index contributed by atoms with van der Waals surface area (Å²) in [5.74, 6) is -1.09. The molecule has 0 aliphatic heterocycles. The van der Waals surface area contributed by atoms with Crippen LogP contribution in [0.2, 0.25) is 12.1 Å². The Morgan fingerprint density at radius 1 is 0.577 bits per heavy atom. The van der Waals surface area contributed by atoms with E-state index in [0.29, 0.717) is 26.4 Å². The highest BCUT2D eigenvalue weighted by atomic mass is 33.1. The van der Waals surface area contributed by atoms with E-state index in [-0.39, 0.29) is 9.49 Å². The second-order valence-electron chi connectivity index (χ2n) is 7.13. The van der Waals surface area contributed by atoms with E-state index >= 15 is 0 Å². The Hall–Kier alpha value is 0.974. The minimum atomic E-state index is -0.544. The van der Waals surface area contributed by atoms with Crippen LogP contribution in [-0.2, 0) is 18.9 Å². The minimum Gasteiger partial charge on any atom is -0.349 e. The lowest BCUT2D eigenvalue weighted by atomic mass is 10.0. The van der Waals surface area contributed by atoms with Crippen LogP contribution in [0.4, 0.5) is 0 Å². The maximum atomic E-state index is 6.18. The van der Waals surface area contributed by atoms with Crippen molar-refractivity contribution >= 4 is 42.1 Å². The van der Waals surface area contributed by atoms with Crippen molar-refractivity contribution in [3.05, 3.63) is 0 Å².